The molecule has 2 heterocycles. The van der Waals surface area contributed by atoms with Gasteiger partial charge in [0, 0.05) is 11.7 Å². The molecule has 3 nitrogen and oxygen atoms in total. The van der Waals surface area contributed by atoms with Gasteiger partial charge >= 0.3 is 0 Å². The van der Waals surface area contributed by atoms with Gasteiger partial charge in [-0.25, -0.2) is 9.97 Å². The summed E-state index contributed by atoms with van der Waals surface area (Å²) in [6.07, 6.45) is 21.3. The predicted octanol–water partition coefficient (Wildman–Crippen LogP) is 4.52. The molecule has 0 radical (unpaired) electrons. The molecule has 2 aliphatic rings. The van der Waals surface area contributed by atoms with Crippen molar-refractivity contribution in [1.82, 2.24) is 14.9 Å². The summed E-state index contributed by atoms with van der Waals surface area (Å²) in [4.78, 5) is 12.0. The molecular weight excluding hydrogens is 306 g/mol. The Balaban J connectivity index is 0.00000109. The van der Waals surface area contributed by atoms with Crippen LogP contribution >= 0.6 is 0 Å². The largest absolute Gasteiger partial charge is 0.303 e. The molecule has 1 aliphatic carbocycles. The maximum atomic E-state index is 4.78. The summed E-state index contributed by atoms with van der Waals surface area (Å²) >= 11 is 0. The van der Waals surface area contributed by atoms with Crippen molar-refractivity contribution in [2.75, 3.05) is 13.6 Å². The van der Waals surface area contributed by atoms with Gasteiger partial charge in [-0.2, -0.15) is 0 Å². The topological polar surface area (TPSA) is 29.0 Å². The number of aromatic nitrogens is 2. The van der Waals surface area contributed by atoms with Gasteiger partial charge in [0.2, 0.25) is 0 Å². The molecule has 0 N–H and O–H groups in total. The van der Waals surface area contributed by atoms with Gasteiger partial charge in [0.1, 0.15) is 0 Å². The Kier molecular flexibility index (Phi) is 7.16. The van der Waals surface area contributed by atoms with Crippen LogP contribution in [0.25, 0.3) is 11.1 Å². The summed E-state index contributed by atoms with van der Waals surface area (Å²) in [5.74, 6) is 0.820. The van der Waals surface area contributed by atoms with Gasteiger partial charge in [-0.3, -0.25) is 0 Å². The third-order valence-corrected chi connectivity index (χ3v) is 4.99. The summed E-state index contributed by atoms with van der Waals surface area (Å²) < 4.78 is 0. The van der Waals surface area contributed by atoms with Gasteiger partial charge in [0.05, 0.1) is 5.69 Å². The molecule has 0 bridgehead atoms. The number of allylic oxidation sites excluding steroid dienone is 5. The highest BCUT2D eigenvalue weighted by Crippen LogP contribution is 2.24. The van der Waals surface area contributed by atoms with Gasteiger partial charge in [0.25, 0.3) is 0 Å². The second-order valence-corrected chi connectivity index (χ2v) is 6.64. The van der Waals surface area contributed by atoms with Crippen LogP contribution in [0.1, 0.15) is 56.2 Å². The van der Waals surface area contributed by atoms with Crippen LogP contribution in [0.3, 0.4) is 0 Å². The molecule has 132 valence electrons. The van der Waals surface area contributed by atoms with Gasteiger partial charge in [-0.15, -0.1) is 12.8 Å². The first-order valence-electron chi connectivity index (χ1n) is 9.14. The van der Waals surface area contributed by atoms with Crippen LogP contribution in [-0.4, -0.2) is 34.5 Å². The molecule has 25 heavy (non-hydrogen) atoms. The zero-order valence-electron chi connectivity index (χ0n) is 15.5. The van der Waals surface area contributed by atoms with Gasteiger partial charge in [-0.05, 0) is 69.3 Å². The number of nitrogens with zero attached hydrogens (tertiary/aromatic N) is 3. The Labute approximate surface area is 152 Å². The molecule has 0 saturated carbocycles. The van der Waals surface area contributed by atoms with E-state index in [2.05, 4.69) is 62.6 Å². The van der Waals surface area contributed by atoms with E-state index in [4.69, 9.17) is 9.97 Å². The third-order valence-electron chi connectivity index (χ3n) is 4.99. The number of hydrogen-bond acceptors (Lipinski definition) is 3. The minimum Gasteiger partial charge on any atom is -0.303 e. The quantitative estimate of drug-likeness (QED) is 0.716. The van der Waals surface area contributed by atoms with Crippen molar-refractivity contribution < 1.29 is 0 Å². The highest BCUT2D eigenvalue weighted by Gasteiger charge is 2.21. The van der Waals surface area contributed by atoms with E-state index in [1.54, 1.807) is 0 Å². The molecular formula is C22H29N3. The molecule has 3 rings (SSSR count). The molecule has 1 aliphatic heterocycles. The van der Waals surface area contributed by atoms with Crippen LogP contribution in [0.2, 0.25) is 0 Å². The smallest absolute Gasteiger partial charge is 0.155 e. The Morgan fingerprint density at radius 3 is 2.76 bits per heavy atom. The van der Waals surface area contributed by atoms with Crippen LogP contribution in [0.4, 0.5) is 0 Å². The van der Waals surface area contributed by atoms with Crippen LogP contribution < -0.4 is 0 Å². The summed E-state index contributed by atoms with van der Waals surface area (Å²) in [6.45, 7) is 7.47. The average Bonchev–Trinajstić information content (AvgIpc) is 3.32. The Morgan fingerprint density at radius 1 is 1.36 bits per heavy atom. The van der Waals surface area contributed by atoms with E-state index in [-0.39, 0.29) is 0 Å². The molecule has 3 heteroatoms. The molecule has 1 aromatic heterocycles. The monoisotopic (exact) mass is 335 g/mol. The van der Waals surface area contributed by atoms with Crippen LogP contribution in [0.15, 0.2) is 30.9 Å². The summed E-state index contributed by atoms with van der Waals surface area (Å²) in [6, 6.07) is 2.87. The first kappa shape index (κ1) is 19.1. The van der Waals surface area contributed by atoms with E-state index in [1.165, 1.54) is 31.4 Å². The minimum absolute atomic E-state index is 0.705. The van der Waals surface area contributed by atoms with Crippen molar-refractivity contribution in [3.05, 3.63) is 48.1 Å². The van der Waals surface area contributed by atoms with Crippen molar-refractivity contribution in [3.63, 3.8) is 0 Å². The van der Waals surface area contributed by atoms with E-state index in [0.29, 0.717) is 6.04 Å². The maximum absolute atomic E-state index is 4.78. The van der Waals surface area contributed by atoms with E-state index in [0.717, 1.165) is 42.0 Å². The van der Waals surface area contributed by atoms with E-state index < -0.39 is 0 Å². The lowest BCUT2D eigenvalue weighted by Crippen LogP contribution is -2.25. The third kappa shape index (κ3) is 4.90. The Morgan fingerprint density at radius 2 is 2.16 bits per heavy atom. The highest BCUT2D eigenvalue weighted by atomic mass is 15.1. The van der Waals surface area contributed by atoms with Crippen molar-refractivity contribution in [2.24, 2.45) is 0 Å². The summed E-state index contributed by atoms with van der Waals surface area (Å²) in [5, 5.41) is 0. The number of rotatable bonds is 6. The highest BCUT2D eigenvalue weighted by molar-refractivity contribution is 5.75. The fourth-order valence-corrected chi connectivity index (χ4v) is 3.40. The zero-order valence-corrected chi connectivity index (χ0v) is 15.5. The van der Waals surface area contributed by atoms with Crippen molar-refractivity contribution in [2.45, 2.75) is 51.5 Å². The van der Waals surface area contributed by atoms with Gasteiger partial charge in [-0.1, -0.05) is 31.7 Å². The fraction of sp³-hybridized carbons (Fsp3) is 0.455. The lowest BCUT2D eigenvalue weighted by molar-refractivity contribution is 0.296. The van der Waals surface area contributed by atoms with Crippen LogP contribution in [-0.2, 0) is 6.42 Å². The molecule has 1 unspecified atom stereocenters. The Bertz CT molecular complexity index is 682. The maximum Gasteiger partial charge on any atom is 0.155 e. The zero-order chi connectivity index (χ0) is 18.2. The van der Waals surface area contributed by atoms with Crippen molar-refractivity contribution >= 4 is 11.1 Å². The Hall–Kier alpha value is -2.18. The normalized spacial score (nSPS) is 19.4. The van der Waals surface area contributed by atoms with E-state index in [9.17, 15) is 0 Å². The van der Waals surface area contributed by atoms with Gasteiger partial charge < -0.3 is 4.90 Å². The molecule has 0 aromatic carbocycles. The predicted molar refractivity (Wildman–Crippen MR) is 107 cm³/mol. The number of terminal acetylenes is 1. The van der Waals surface area contributed by atoms with Crippen molar-refractivity contribution in [1.29, 1.82) is 0 Å². The first-order chi connectivity index (χ1) is 12.2. The minimum atomic E-state index is 0.705. The number of aryl methyl sites for hydroxylation is 1. The standard InChI is InChI=1S/C20H27N3.C2H2/c1-4-15(2)20-21-17(11-12-18-10-7-13-23(18)3)14-19(22-20)16-8-5-6-9-16;1-2/h5,8-9,14,18H,2,4,6-7,10-13H2,1,3H3;1-2H. The lowest BCUT2D eigenvalue weighted by Gasteiger charge is -2.19. The second kappa shape index (κ2) is 9.34. The SMILES string of the molecule is C#C.C=C(CC)c1nc(CCC2CCCN2C)cc(C2=CCC=C2)n1. The molecule has 1 saturated heterocycles. The molecule has 1 atom stereocenters. The summed E-state index contributed by atoms with van der Waals surface area (Å²) in [5.41, 5.74) is 4.44. The number of likely N-dealkylation sites (tertiary alicyclic amines) is 1. The van der Waals surface area contributed by atoms with Crippen LogP contribution in [0.5, 0.6) is 0 Å². The first-order valence-corrected chi connectivity index (χ1v) is 9.14. The molecule has 1 aromatic rings. The van der Waals surface area contributed by atoms with E-state index >= 15 is 0 Å². The average molecular weight is 335 g/mol. The lowest BCUT2D eigenvalue weighted by atomic mass is 10.1. The molecule has 1 fully saturated rings. The van der Waals surface area contributed by atoms with E-state index in [1.807, 2.05) is 0 Å². The van der Waals surface area contributed by atoms with Gasteiger partial charge in [0.15, 0.2) is 5.82 Å². The molecule has 0 spiro atoms. The fourth-order valence-electron chi connectivity index (χ4n) is 3.40. The summed E-state index contributed by atoms with van der Waals surface area (Å²) in [7, 11) is 2.24. The second-order valence-electron chi connectivity index (χ2n) is 6.64. The van der Waals surface area contributed by atoms with Crippen molar-refractivity contribution in [3.8, 4) is 12.8 Å². The number of hydrogen-bond donors (Lipinski definition) is 0. The molecule has 0 amide bonds. The van der Waals surface area contributed by atoms with Crippen LogP contribution in [0, 0.1) is 12.8 Å².